The second-order valence-corrected chi connectivity index (χ2v) is 7.60. The molecule has 158 valence electrons. The number of methoxy groups -OCH3 is 2. The van der Waals surface area contributed by atoms with Gasteiger partial charge in [0.05, 0.1) is 14.2 Å². The van der Waals surface area contributed by atoms with Crippen LogP contribution in [-0.2, 0) is 17.8 Å². The Morgan fingerprint density at radius 3 is 2.60 bits per heavy atom. The molecule has 1 heterocycles. The first-order valence-corrected chi connectivity index (χ1v) is 10.0. The summed E-state index contributed by atoms with van der Waals surface area (Å²) in [5, 5.41) is 9.25. The number of hydrogen-bond donors (Lipinski definition) is 1. The SMILES string of the molecule is COc1ccc(OC)c(CN(C(=O)CCc2c(C)[nH]c(=O)c(C#N)c2C)C2CC2)c1. The molecular formula is C23H27N3O4. The van der Waals surface area contributed by atoms with E-state index in [4.69, 9.17) is 9.47 Å². The second-order valence-electron chi connectivity index (χ2n) is 7.60. The maximum Gasteiger partial charge on any atom is 0.266 e. The molecule has 0 atom stereocenters. The quantitative estimate of drug-likeness (QED) is 0.723. The van der Waals surface area contributed by atoms with Crippen molar-refractivity contribution in [2.75, 3.05) is 14.2 Å². The van der Waals surface area contributed by atoms with Gasteiger partial charge in [-0.25, -0.2) is 0 Å². The van der Waals surface area contributed by atoms with Crippen LogP contribution in [0.3, 0.4) is 0 Å². The number of rotatable bonds is 8. The minimum atomic E-state index is -0.382. The zero-order valence-electron chi connectivity index (χ0n) is 17.9. The smallest absolute Gasteiger partial charge is 0.266 e. The average molecular weight is 409 g/mol. The van der Waals surface area contributed by atoms with E-state index in [1.54, 1.807) is 28.1 Å². The number of H-pyrrole nitrogens is 1. The highest BCUT2D eigenvalue weighted by molar-refractivity contribution is 5.77. The Morgan fingerprint density at radius 1 is 1.27 bits per heavy atom. The van der Waals surface area contributed by atoms with Crippen molar-refractivity contribution < 1.29 is 14.3 Å². The predicted molar refractivity (Wildman–Crippen MR) is 113 cm³/mol. The van der Waals surface area contributed by atoms with Gasteiger partial charge < -0.3 is 19.4 Å². The van der Waals surface area contributed by atoms with E-state index >= 15 is 0 Å². The minimum absolute atomic E-state index is 0.0471. The van der Waals surface area contributed by atoms with Crippen LogP contribution in [0.4, 0.5) is 0 Å². The van der Waals surface area contributed by atoms with Crippen LogP contribution in [0.15, 0.2) is 23.0 Å². The van der Waals surface area contributed by atoms with Gasteiger partial charge in [0, 0.05) is 30.3 Å². The van der Waals surface area contributed by atoms with E-state index in [1.807, 2.05) is 29.2 Å². The first-order chi connectivity index (χ1) is 14.4. The lowest BCUT2D eigenvalue weighted by atomic mass is 9.98. The van der Waals surface area contributed by atoms with E-state index in [1.165, 1.54) is 0 Å². The molecule has 1 N–H and O–H groups in total. The van der Waals surface area contributed by atoms with Gasteiger partial charge in [-0.2, -0.15) is 5.26 Å². The van der Waals surface area contributed by atoms with Gasteiger partial charge >= 0.3 is 0 Å². The second kappa shape index (κ2) is 9.04. The highest BCUT2D eigenvalue weighted by Crippen LogP contribution is 2.32. The van der Waals surface area contributed by atoms with Gasteiger partial charge in [0.15, 0.2) is 0 Å². The largest absolute Gasteiger partial charge is 0.497 e. The number of ether oxygens (including phenoxy) is 2. The highest BCUT2D eigenvalue weighted by atomic mass is 16.5. The monoisotopic (exact) mass is 409 g/mol. The number of benzene rings is 1. The van der Waals surface area contributed by atoms with Gasteiger partial charge in [-0.05, 0) is 62.4 Å². The number of nitrogens with zero attached hydrogens (tertiary/aromatic N) is 2. The number of pyridine rings is 1. The van der Waals surface area contributed by atoms with Gasteiger partial charge in [0.25, 0.3) is 5.56 Å². The number of carbonyl (C=O) groups is 1. The molecule has 7 heteroatoms. The lowest BCUT2D eigenvalue weighted by Gasteiger charge is -2.24. The first kappa shape index (κ1) is 21.4. The van der Waals surface area contributed by atoms with Crippen molar-refractivity contribution in [1.82, 2.24) is 9.88 Å². The van der Waals surface area contributed by atoms with Crippen molar-refractivity contribution in [2.24, 2.45) is 0 Å². The van der Waals surface area contributed by atoms with Crippen LogP contribution in [0, 0.1) is 25.2 Å². The molecule has 1 saturated carbocycles. The third-order valence-electron chi connectivity index (χ3n) is 5.65. The first-order valence-electron chi connectivity index (χ1n) is 10.0. The van der Waals surface area contributed by atoms with Gasteiger partial charge in [0.1, 0.15) is 23.1 Å². The lowest BCUT2D eigenvalue weighted by molar-refractivity contribution is -0.132. The van der Waals surface area contributed by atoms with E-state index in [0.29, 0.717) is 30.6 Å². The summed E-state index contributed by atoms with van der Waals surface area (Å²) in [6, 6.07) is 7.78. The Hall–Kier alpha value is -3.27. The Bertz CT molecular complexity index is 1050. The molecule has 3 rings (SSSR count). The van der Waals surface area contributed by atoms with E-state index in [2.05, 4.69) is 4.98 Å². The van der Waals surface area contributed by atoms with Crippen molar-refractivity contribution in [2.45, 2.75) is 52.1 Å². The van der Waals surface area contributed by atoms with Crippen LogP contribution in [0.1, 0.15) is 47.2 Å². The average Bonchev–Trinajstić information content (AvgIpc) is 3.56. The number of carbonyl (C=O) groups excluding carboxylic acids is 1. The molecule has 0 radical (unpaired) electrons. The standard InChI is InChI=1S/C23H27N3O4/c1-14-19(15(2)25-23(28)20(14)12-24)8-10-22(27)26(17-5-6-17)13-16-11-18(29-3)7-9-21(16)30-4/h7,9,11,17H,5-6,8,10,13H2,1-4H3,(H,25,28). The molecule has 0 unspecified atom stereocenters. The van der Waals surface area contributed by atoms with Crippen LogP contribution in [0.25, 0.3) is 0 Å². The van der Waals surface area contributed by atoms with Crippen molar-refractivity contribution in [3.63, 3.8) is 0 Å². The fraction of sp³-hybridized carbons (Fsp3) is 0.435. The predicted octanol–water partition coefficient (Wildman–Crippen LogP) is 3.00. The summed E-state index contributed by atoms with van der Waals surface area (Å²) < 4.78 is 10.8. The molecule has 0 spiro atoms. The molecule has 1 aromatic carbocycles. The summed E-state index contributed by atoms with van der Waals surface area (Å²) in [5.41, 5.74) is 2.85. The lowest BCUT2D eigenvalue weighted by Crippen LogP contribution is -2.33. The van der Waals surface area contributed by atoms with Crippen LogP contribution in [0.5, 0.6) is 11.5 Å². The van der Waals surface area contributed by atoms with Crippen molar-refractivity contribution >= 4 is 5.91 Å². The molecule has 0 aliphatic heterocycles. The van der Waals surface area contributed by atoms with Gasteiger partial charge in [0.2, 0.25) is 5.91 Å². The summed E-state index contributed by atoms with van der Waals surface area (Å²) >= 11 is 0. The van der Waals surface area contributed by atoms with E-state index < -0.39 is 0 Å². The zero-order valence-corrected chi connectivity index (χ0v) is 17.9. The third-order valence-corrected chi connectivity index (χ3v) is 5.65. The molecular weight excluding hydrogens is 382 g/mol. The Kier molecular flexibility index (Phi) is 6.46. The van der Waals surface area contributed by atoms with E-state index in [9.17, 15) is 14.9 Å². The molecule has 0 saturated heterocycles. The van der Waals surface area contributed by atoms with Crippen LogP contribution in [-0.4, -0.2) is 36.1 Å². The van der Waals surface area contributed by atoms with Gasteiger partial charge in [-0.3, -0.25) is 9.59 Å². The molecule has 1 aliphatic carbocycles. The molecule has 1 amide bonds. The molecule has 7 nitrogen and oxygen atoms in total. The van der Waals surface area contributed by atoms with Crippen molar-refractivity contribution in [1.29, 1.82) is 5.26 Å². The molecule has 2 aromatic rings. The maximum absolute atomic E-state index is 13.1. The maximum atomic E-state index is 13.1. The van der Waals surface area contributed by atoms with E-state index in [0.717, 1.165) is 35.5 Å². The van der Waals surface area contributed by atoms with Gasteiger partial charge in [-0.15, -0.1) is 0 Å². The fourth-order valence-electron chi connectivity index (χ4n) is 3.79. The number of aryl methyl sites for hydroxylation is 1. The molecule has 30 heavy (non-hydrogen) atoms. The highest BCUT2D eigenvalue weighted by Gasteiger charge is 2.33. The summed E-state index contributed by atoms with van der Waals surface area (Å²) in [5.74, 6) is 1.49. The Balaban J connectivity index is 1.79. The number of aromatic amines is 1. The van der Waals surface area contributed by atoms with Crippen LogP contribution in [0.2, 0.25) is 0 Å². The Labute approximate surface area is 176 Å². The van der Waals surface area contributed by atoms with Crippen LogP contribution >= 0.6 is 0 Å². The molecule has 0 bridgehead atoms. The number of nitrogens with one attached hydrogen (secondary N) is 1. The minimum Gasteiger partial charge on any atom is -0.497 e. The number of aromatic nitrogens is 1. The number of nitriles is 1. The molecule has 1 fully saturated rings. The fourth-order valence-corrected chi connectivity index (χ4v) is 3.79. The number of amides is 1. The Morgan fingerprint density at radius 2 is 2.00 bits per heavy atom. The van der Waals surface area contributed by atoms with Crippen molar-refractivity contribution in [3.8, 4) is 17.6 Å². The summed E-state index contributed by atoms with van der Waals surface area (Å²) in [6.45, 7) is 4.02. The normalized spacial score (nSPS) is 12.9. The van der Waals surface area contributed by atoms with Crippen LogP contribution < -0.4 is 15.0 Å². The number of hydrogen-bond acceptors (Lipinski definition) is 5. The van der Waals surface area contributed by atoms with E-state index in [-0.39, 0.29) is 23.1 Å². The molecule has 1 aromatic heterocycles. The summed E-state index contributed by atoms with van der Waals surface area (Å²) in [7, 11) is 3.23. The van der Waals surface area contributed by atoms with Gasteiger partial charge in [-0.1, -0.05) is 0 Å². The summed E-state index contributed by atoms with van der Waals surface area (Å²) in [4.78, 5) is 29.7. The molecule has 1 aliphatic rings. The van der Waals surface area contributed by atoms with Crippen molar-refractivity contribution in [3.05, 3.63) is 56.5 Å². The third kappa shape index (κ3) is 4.48. The zero-order chi connectivity index (χ0) is 21.8. The topological polar surface area (TPSA) is 95.4 Å². The summed E-state index contributed by atoms with van der Waals surface area (Å²) in [6.07, 6.45) is 2.77.